The summed E-state index contributed by atoms with van der Waals surface area (Å²) in [6.07, 6.45) is 9.42. The van der Waals surface area contributed by atoms with Gasteiger partial charge in [-0.25, -0.2) is 14.8 Å². The molecule has 1 unspecified atom stereocenters. The zero-order chi connectivity index (χ0) is 27.5. The summed E-state index contributed by atoms with van der Waals surface area (Å²) in [7, 11) is 1.66. The molecule has 1 atom stereocenters. The van der Waals surface area contributed by atoms with Crippen molar-refractivity contribution in [2.24, 2.45) is 4.99 Å². The number of urea groups is 1. The largest absolute Gasteiger partial charge is 0.437 e. The Morgan fingerprint density at radius 3 is 2.58 bits per heavy atom. The number of nitrogens with one attached hydrogen (secondary N) is 1. The van der Waals surface area contributed by atoms with Crippen molar-refractivity contribution in [1.29, 1.82) is 5.26 Å². The number of nitriles is 1. The van der Waals surface area contributed by atoms with E-state index in [-0.39, 0.29) is 18.4 Å². The Labute approximate surface area is 231 Å². The highest BCUT2D eigenvalue weighted by molar-refractivity contribution is 6.31. The van der Waals surface area contributed by atoms with Crippen LogP contribution in [0, 0.1) is 11.3 Å². The van der Waals surface area contributed by atoms with Gasteiger partial charge >= 0.3 is 6.03 Å². The number of amides is 3. The van der Waals surface area contributed by atoms with Crippen LogP contribution >= 0.6 is 23.2 Å². The van der Waals surface area contributed by atoms with Crippen LogP contribution in [0.4, 0.5) is 4.79 Å². The highest BCUT2D eigenvalue weighted by atomic mass is 35.5. The third-order valence-electron chi connectivity index (χ3n) is 5.26. The Bertz CT molecular complexity index is 1300. The first-order chi connectivity index (χ1) is 18.3. The van der Waals surface area contributed by atoms with Gasteiger partial charge in [0.1, 0.15) is 11.8 Å². The number of carbonyl (C=O) groups is 2. The van der Waals surface area contributed by atoms with Crippen LogP contribution in [-0.4, -0.2) is 52.8 Å². The molecule has 0 spiro atoms. The van der Waals surface area contributed by atoms with Crippen LogP contribution in [0.15, 0.2) is 82.7 Å². The molecule has 0 radical (unpaired) electrons. The number of halogens is 2. The van der Waals surface area contributed by atoms with Crippen molar-refractivity contribution in [2.45, 2.75) is 25.9 Å². The summed E-state index contributed by atoms with van der Waals surface area (Å²) in [6.45, 7) is 2.65. The molecule has 196 valence electrons. The number of allylic oxidation sites excluding steroid dienone is 3. The van der Waals surface area contributed by atoms with E-state index >= 15 is 0 Å². The number of carbonyl (C=O) groups excluding carboxylic acids is 2. The molecule has 1 heterocycles. The molecule has 38 heavy (non-hydrogen) atoms. The smallest absolute Gasteiger partial charge is 0.323 e. The number of rotatable bonds is 8. The summed E-state index contributed by atoms with van der Waals surface area (Å²) in [6, 6.07) is 11.2. The number of benzene rings is 1. The third-order valence-corrected chi connectivity index (χ3v) is 5.83. The Hall–Kier alpha value is -4.13. The predicted octanol–water partition coefficient (Wildman–Crippen LogP) is 5.00. The van der Waals surface area contributed by atoms with E-state index in [4.69, 9.17) is 33.2 Å². The van der Waals surface area contributed by atoms with Crippen LogP contribution in [0.2, 0.25) is 5.02 Å². The van der Waals surface area contributed by atoms with Gasteiger partial charge in [0.15, 0.2) is 0 Å². The molecule has 1 aromatic heterocycles. The van der Waals surface area contributed by atoms with Gasteiger partial charge in [-0.2, -0.15) is 5.26 Å². The molecule has 1 aliphatic rings. The summed E-state index contributed by atoms with van der Waals surface area (Å²) in [5.74, 6) is 0.648. The fraction of sp³-hybridized carbons (Fsp3) is 0.222. The Kier molecular flexibility index (Phi) is 10.5. The van der Waals surface area contributed by atoms with Crippen LogP contribution in [0.25, 0.3) is 0 Å². The second kappa shape index (κ2) is 14.0. The maximum Gasteiger partial charge on any atom is 0.323 e. The summed E-state index contributed by atoms with van der Waals surface area (Å²) < 4.78 is 5.77. The van der Waals surface area contributed by atoms with Crippen molar-refractivity contribution in [3.05, 3.63) is 93.8 Å². The van der Waals surface area contributed by atoms with E-state index in [1.807, 2.05) is 13.0 Å². The Morgan fingerprint density at radius 2 is 1.95 bits per heavy atom. The molecule has 0 bridgehead atoms. The van der Waals surface area contributed by atoms with Gasteiger partial charge in [-0.3, -0.25) is 15.0 Å². The monoisotopic (exact) mass is 552 g/mol. The van der Waals surface area contributed by atoms with Crippen molar-refractivity contribution in [2.75, 3.05) is 13.6 Å². The summed E-state index contributed by atoms with van der Waals surface area (Å²) in [5.41, 5.74) is 1.20. The molecule has 3 rings (SSSR count). The number of hydrogen-bond acceptors (Lipinski definition) is 6. The lowest BCUT2D eigenvalue weighted by Gasteiger charge is -2.24. The molecule has 0 fully saturated rings. The van der Waals surface area contributed by atoms with Gasteiger partial charge in [-0.05, 0) is 42.3 Å². The number of aliphatic imine (C=N–C) groups is 1. The number of aromatic nitrogens is 1. The molecule has 0 aliphatic heterocycles. The van der Waals surface area contributed by atoms with Crippen LogP contribution in [0.1, 0.15) is 24.5 Å². The van der Waals surface area contributed by atoms with Crippen molar-refractivity contribution >= 4 is 41.6 Å². The van der Waals surface area contributed by atoms with Crippen LogP contribution in [-0.2, 0) is 11.3 Å². The minimum absolute atomic E-state index is 0.0662. The zero-order valence-corrected chi connectivity index (χ0v) is 22.4. The average Bonchev–Trinajstić information content (AvgIpc) is 3.09. The van der Waals surface area contributed by atoms with Gasteiger partial charge in [0, 0.05) is 30.9 Å². The molecule has 11 heteroatoms. The van der Waals surface area contributed by atoms with E-state index in [9.17, 15) is 9.59 Å². The van der Waals surface area contributed by atoms with Gasteiger partial charge in [0.25, 0.3) is 0 Å². The van der Waals surface area contributed by atoms with Gasteiger partial charge in [-0.15, -0.1) is 0 Å². The Morgan fingerprint density at radius 1 is 1.21 bits per heavy atom. The molecule has 0 saturated heterocycles. The Balaban J connectivity index is 1.86. The predicted molar refractivity (Wildman–Crippen MR) is 146 cm³/mol. The van der Waals surface area contributed by atoms with Crippen LogP contribution < -0.4 is 10.1 Å². The highest BCUT2D eigenvalue weighted by Gasteiger charge is 2.19. The lowest BCUT2D eigenvalue weighted by Crippen LogP contribution is -2.48. The molecule has 0 saturated carbocycles. The number of pyridine rings is 1. The van der Waals surface area contributed by atoms with E-state index < -0.39 is 12.1 Å². The topological polar surface area (TPSA) is 111 Å². The second-order valence-electron chi connectivity index (χ2n) is 8.18. The maximum atomic E-state index is 12.8. The van der Waals surface area contributed by atoms with E-state index in [1.165, 1.54) is 16.0 Å². The number of nitrogens with zero attached hydrogens (tertiary/aromatic N) is 5. The molecule has 1 aromatic carbocycles. The average molecular weight is 553 g/mol. The molecule has 9 nitrogen and oxygen atoms in total. The molecular formula is C27H26Cl2N6O3. The zero-order valence-electron chi connectivity index (χ0n) is 20.8. The van der Waals surface area contributed by atoms with Crippen molar-refractivity contribution < 1.29 is 14.3 Å². The van der Waals surface area contributed by atoms with Gasteiger partial charge in [0.05, 0.1) is 23.2 Å². The third kappa shape index (κ3) is 8.20. The first-order valence-corrected chi connectivity index (χ1v) is 12.4. The first-order valence-electron chi connectivity index (χ1n) is 11.7. The highest BCUT2D eigenvalue weighted by Crippen LogP contribution is 2.22. The number of hydrogen-bond donors (Lipinski definition) is 1. The van der Waals surface area contributed by atoms with E-state index in [2.05, 4.69) is 15.3 Å². The SMILES string of the molecule is CCCN(C)C(=O)NC(=NC1C=CC(Cl)=C(Oc2ccc(C#N)cn2)C=C1)N(C=O)Cc1ccc(Cl)cc1. The lowest BCUT2D eigenvalue weighted by molar-refractivity contribution is -0.115. The quantitative estimate of drug-likeness (QED) is 0.281. The number of ether oxygens (including phenoxy) is 1. The minimum Gasteiger partial charge on any atom is -0.437 e. The molecular weight excluding hydrogens is 527 g/mol. The van der Waals surface area contributed by atoms with E-state index in [0.717, 1.165) is 12.0 Å². The lowest BCUT2D eigenvalue weighted by atomic mass is 10.2. The first kappa shape index (κ1) is 28.4. The summed E-state index contributed by atoms with van der Waals surface area (Å²) >= 11 is 12.4. The van der Waals surface area contributed by atoms with Crippen molar-refractivity contribution in [1.82, 2.24) is 20.1 Å². The van der Waals surface area contributed by atoms with Gasteiger partial charge < -0.3 is 9.64 Å². The van der Waals surface area contributed by atoms with Crippen molar-refractivity contribution in [3.63, 3.8) is 0 Å². The van der Waals surface area contributed by atoms with E-state index in [1.54, 1.807) is 67.7 Å². The van der Waals surface area contributed by atoms with Crippen LogP contribution in [0.5, 0.6) is 5.88 Å². The summed E-state index contributed by atoms with van der Waals surface area (Å²) in [5, 5.41) is 12.6. The van der Waals surface area contributed by atoms with Gasteiger partial charge in [-0.1, -0.05) is 54.4 Å². The maximum absolute atomic E-state index is 12.8. The molecule has 2 aromatic rings. The standard InChI is InChI=1S/C27H26Cl2N6O3/c1-3-14-34(2)27(37)33-26(35(18-36)17-19-4-7-21(28)8-5-19)32-22-9-11-23(29)24(12-10-22)38-25-13-6-20(15-30)16-31-25/h4-13,16,18,22H,3,14,17H2,1-2H3,(H,32,33,37). The molecule has 1 aliphatic carbocycles. The van der Waals surface area contributed by atoms with Gasteiger partial charge in [0.2, 0.25) is 18.2 Å². The second-order valence-corrected chi connectivity index (χ2v) is 9.03. The molecule has 3 amide bonds. The normalized spacial score (nSPS) is 14.9. The fourth-order valence-electron chi connectivity index (χ4n) is 3.28. The van der Waals surface area contributed by atoms with Crippen LogP contribution in [0.3, 0.4) is 0 Å². The number of guanidine groups is 1. The fourth-order valence-corrected chi connectivity index (χ4v) is 3.58. The minimum atomic E-state index is -0.585. The van der Waals surface area contributed by atoms with Crippen molar-refractivity contribution in [3.8, 4) is 11.9 Å². The van der Waals surface area contributed by atoms with E-state index in [0.29, 0.717) is 34.3 Å². The summed E-state index contributed by atoms with van der Waals surface area (Å²) in [4.78, 5) is 36.4. The molecule has 1 N–H and O–H groups in total.